The molecule has 5 nitrogen and oxygen atoms in total. The Morgan fingerprint density at radius 1 is 1.18 bits per heavy atom. The fourth-order valence-corrected chi connectivity index (χ4v) is 4.91. The van der Waals surface area contributed by atoms with Gasteiger partial charge in [0.1, 0.15) is 16.5 Å². The third-order valence-electron chi connectivity index (χ3n) is 4.63. The van der Waals surface area contributed by atoms with Crippen molar-refractivity contribution in [3.63, 3.8) is 0 Å². The highest BCUT2D eigenvalue weighted by Gasteiger charge is 2.34. The van der Waals surface area contributed by atoms with Crippen LogP contribution < -0.4 is 4.74 Å². The summed E-state index contributed by atoms with van der Waals surface area (Å²) in [5.41, 5.74) is 1.55. The molecule has 7 heteroatoms. The molecular weight excluding hydrogens is 396 g/mol. The molecule has 28 heavy (non-hydrogen) atoms. The van der Waals surface area contributed by atoms with Gasteiger partial charge >= 0.3 is 0 Å². The van der Waals surface area contributed by atoms with Crippen molar-refractivity contribution in [2.75, 3.05) is 19.7 Å². The predicted octanol–water partition coefficient (Wildman–Crippen LogP) is 4.67. The fourth-order valence-electron chi connectivity index (χ4n) is 3.09. The summed E-state index contributed by atoms with van der Waals surface area (Å²) in [6.07, 6.45) is 2.97. The van der Waals surface area contributed by atoms with Crippen molar-refractivity contribution in [1.82, 2.24) is 4.31 Å². The van der Waals surface area contributed by atoms with E-state index in [1.807, 2.05) is 37.3 Å². The Labute approximate surface area is 172 Å². The van der Waals surface area contributed by atoms with Gasteiger partial charge in [-0.3, -0.25) is 4.99 Å². The molecule has 2 aromatic carbocycles. The Morgan fingerprint density at radius 2 is 1.93 bits per heavy atom. The van der Waals surface area contributed by atoms with Crippen LogP contribution in [0.3, 0.4) is 0 Å². The molecule has 150 valence electrons. The molecule has 0 aromatic heterocycles. The minimum Gasteiger partial charge on any atom is -0.492 e. The lowest BCUT2D eigenvalue weighted by atomic mass is 10.2. The summed E-state index contributed by atoms with van der Waals surface area (Å²) in [5.74, 6) is 0.798. The van der Waals surface area contributed by atoms with Crippen LogP contribution in [0.2, 0.25) is 5.02 Å². The van der Waals surface area contributed by atoms with E-state index < -0.39 is 10.0 Å². The van der Waals surface area contributed by atoms with Crippen LogP contribution in [0, 0.1) is 6.92 Å². The van der Waals surface area contributed by atoms with E-state index in [9.17, 15) is 8.42 Å². The largest absolute Gasteiger partial charge is 0.492 e. The number of aryl methyl sites for hydroxylation is 1. The Kier molecular flexibility index (Phi) is 6.62. The van der Waals surface area contributed by atoms with Crippen LogP contribution >= 0.6 is 11.6 Å². The van der Waals surface area contributed by atoms with Crippen LogP contribution in [-0.4, -0.2) is 38.3 Å². The van der Waals surface area contributed by atoms with Crippen molar-refractivity contribution in [2.24, 2.45) is 4.99 Å². The summed E-state index contributed by atoms with van der Waals surface area (Å²) in [7, 11) is -3.86. The summed E-state index contributed by atoms with van der Waals surface area (Å²) in [4.78, 5) is 4.51. The number of halogens is 1. The first-order chi connectivity index (χ1) is 13.4. The standard InChI is InChI=1S/C21H25ClN2O3S/c1-3-4-8-13-27-19-14-16(2)18(22)15-20(19)28(25,26)24-12-11-23-21(24)17-9-6-5-7-10-17/h5-7,9-10,14-15H,3-4,8,11-13H2,1-2H3. The van der Waals surface area contributed by atoms with E-state index in [1.54, 1.807) is 6.07 Å². The van der Waals surface area contributed by atoms with E-state index in [1.165, 1.54) is 10.4 Å². The Hall–Kier alpha value is -2.05. The van der Waals surface area contributed by atoms with E-state index in [-0.39, 0.29) is 4.90 Å². The monoisotopic (exact) mass is 420 g/mol. The first kappa shape index (κ1) is 20.7. The molecule has 0 atom stereocenters. The van der Waals surface area contributed by atoms with Crippen LogP contribution in [0.5, 0.6) is 5.75 Å². The molecule has 2 aromatic rings. The predicted molar refractivity (Wildman–Crippen MR) is 113 cm³/mol. The van der Waals surface area contributed by atoms with Crippen molar-refractivity contribution >= 4 is 27.5 Å². The van der Waals surface area contributed by atoms with E-state index in [0.29, 0.717) is 36.3 Å². The third kappa shape index (κ3) is 4.33. The first-order valence-corrected chi connectivity index (χ1v) is 11.3. The van der Waals surface area contributed by atoms with E-state index in [2.05, 4.69) is 11.9 Å². The average molecular weight is 421 g/mol. The number of benzene rings is 2. The molecule has 0 unspecified atom stereocenters. The second-order valence-corrected chi connectivity index (χ2v) is 8.99. The quantitative estimate of drug-likeness (QED) is 0.583. The molecule has 0 saturated heterocycles. The summed E-state index contributed by atoms with van der Waals surface area (Å²) < 4.78 is 34.2. The molecule has 0 saturated carbocycles. The van der Waals surface area contributed by atoms with Gasteiger partial charge in [-0.15, -0.1) is 0 Å². The number of sulfonamides is 1. The summed E-state index contributed by atoms with van der Waals surface area (Å²) in [5, 5.41) is 0.400. The maximum atomic E-state index is 13.5. The van der Waals surface area contributed by atoms with Gasteiger partial charge in [-0.05, 0) is 31.0 Å². The Morgan fingerprint density at radius 3 is 2.64 bits per heavy atom. The second kappa shape index (κ2) is 8.97. The number of hydrogen-bond donors (Lipinski definition) is 0. The number of aliphatic imine (C=N–C) groups is 1. The molecule has 0 fully saturated rings. The van der Waals surface area contributed by atoms with E-state index in [0.717, 1.165) is 30.4 Å². The lowest BCUT2D eigenvalue weighted by Crippen LogP contribution is -2.35. The minimum atomic E-state index is -3.86. The van der Waals surface area contributed by atoms with Gasteiger partial charge in [0.05, 0.1) is 19.7 Å². The van der Waals surface area contributed by atoms with E-state index in [4.69, 9.17) is 16.3 Å². The molecule has 0 N–H and O–H groups in total. The molecule has 0 bridgehead atoms. The van der Waals surface area contributed by atoms with Crippen molar-refractivity contribution < 1.29 is 13.2 Å². The van der Waals surface area contributed by atoms with Crippen molar-refractivity contribution in [3.05, 3.63) is 58.6 Å². The van der Waals surface area contributed by atoms with Crippen molar-refractivity contribution in [3.8, 4) is 5.75 Å². The van der Waals surface area contributed by atoms with Crippen LogP contribution in [0.15, 0.2) is 52.4 Å². The molecule has 0 amide bonds. The average Bonchev–Trinajstić information content (AvgIpc) is 3.19. The fraction of sp³-hybridized carbons (Fsp3) is 0.381. The molecule has 0 radical (unpaired) electrons. The zero-order chi connectivity index (χ0) is 20.1. The SMILES string of the molecule is CCCCCOc1cc(C)c(Cl)cc1S(=O)(=O)N1CCN=C1c1ccccc1. The molecular formula is C21H25ClN2O3S. The second-order valence-electron chi connectivity index (χ2n) is 6.75. The van der Waals surface area contributed by atoms with E-state index >= 15 is 0 Å². The van der Waals surface area contributed by atoms with Crippen LogP contribution in [0.25, 0.3) is 0 Å². The van der Waals surface area contributed by atoms with Gasteiger partial charge in [0.2, 0.25) is 0 Å². The number of rotatable bonds is 8. The lowest BCUT2D eigenvalue weighted by Gasteiger charge is -2.23. The van der Waals surface area contributed by atoms with Crippen LogP contribution in [0.1, 0.15) is 37.3 Å². The number of unbranched alkanes of at least 4 members (excludes halogenated alkanes) is 2. The summed E-state index contributed by atoms with van der Waals surface area (Å²) in [6.45, 7) is 5.14. The molecule has 1 heterocycles. The van der Waals surface area contributed by atoms with Gasteiger partial charge in [0.15, 0.2) is 0 Å². The lowest BCUT2D eigenvalue weighted by molar-refractivity contribution is 0.298. The van der Waals surface area contributed by atoms with Crippen molar-refractivity contribution in [1.29, 1.82) is 0 Å². The number of hydrogen-bond acceptors (Lipinski definition) is 4. The molecule has 1 aliphatic heterocycles. The topological polar surface area (TPSA) is 59.0 Å². The maximum absolute atomic E-state index is 13.5. The van der Waals surface area contributed by atoms with Crippen LogP contribution in [-0.2, 0) is 10.0 Å². The zero-order valence-electron chi connectivity index (χ0n) is 16.2. The summed E-state index contributed by atoms with van der Waals surface area (Å²) >= 11 is 6.27. The molecule has 1 aliphatic rings. The van der Waals surface area contributed by atoms with Crippen molar-refractivity contribution in [2.45, 2.75) is 38.0 Å². The third-order valence-corrected chi connectivity index (χ3v) is 6.85. The normalized spacial score (nSPS) is 14.2. The molecule has 0 aliphatic carbocycles. The molecule has 3 rings (SSSR count). The number of ether oxygens (including phenoxy) is 1. The van der Waals surface area contributed by atoms with Gasteiger partial charge in [-0.25, -0.2) is 12.7 Å². The first-order valence-electron chi connectivity index (χ1n) is 9.50. The summed E-state index contributed by atoms with van der Waals surface area (Å²) in [6, 6.07) is 12.5. The maximum Gasteiger partial charge on any atom is 0.269 e. The van der Waals surface area contributed by atoms with Gasteiger partial charge in [0.25, 0.3) is 10.0 Å². The highest BCUT2D eigenvalue weighted by Crippen LogP contribution is 2.34. The highest BCUT2D eigenvalue weighted by molar-refractivity contribution is 7.89. The highest BCUT2D eigenvalue weighted by atomic mass is 35.5. The van der Waals surface area contributed by atoms with Gasteiger partial charge in [-0.2, -0.15) is 0 Å². The molecule has 0 spiro atoms. The zero-order valence-corrected chi connectivity index (χ0v) is 17.8. The van der Waals surface area contributed by atoms with Crippen LogP contribution in [0.4, 0.5) is 0 Å². The number of nitrogens with zero attached hydrogens (tertiary/aromatic N) is 2. The van der Waals surface area contributed by atoms with Gasteiger partial charge in [0, 0.05) is 10.6 Å². The smallest absolute Gasteiger partial charge is 0.269 e. The van der Waals surface area contributed by atoms with Gasteiger partial charge in [-0.1, -0.05) is 61.7 Å². The van der Waals surface area contributed by atoms with Gasteiger partial charge < -0.3 is 4.74 Å². The Balaban J connectivity index is 1.96. The Bertz CT molecular complexity index is 959. The minimum absolute atomic E-state index is 0.0881. The number of amidine groups is 1.